The second kappa shape index (κ2) is 39.2. The first-order valence-corrected chi connectivity index (χ1v) is 37.5. The highest BCUT2D eigenvalue weighted by Crippen LogP contribution is 2.54. The lowest BCUT2D eigenvalue weighted by Gasteiger charge is -2.49. The number of phosphoric acid groups is 7. The Morgan fingerprint density at radius 2 is 0.396 bits per heavy atom. The molecule has 0 aromatic heterocycles. The molecule has 0 aromatic carbocycles. The number of methoxy groups -OCH3 is 8. The molecule has 542 valence electrons. The Hall–Kier alpha value is 0.170. The van der Waals surface area contributed by atoms with E-state index in [9.17, 15) is 100 Å². The molecule has 0 aliphatic heterocycles. The van der Waals surface area contributed by atoms with Crippen molar-refractivity contribution in [1.29, 1.82) is 0 Å². The number of hydrogen-bond donors (Lipinski definition) is 14. The van der Waals surface area contributed by atoms with E-state index in [1.807, 2.05) is 0 Å². The number of hydrogen-bond acceptors (Lipinski definition) is 29. The van der Waals surface area contributed by atoms with E-state index in [0.717, 1.165) is 28.4 Å². The lowest BCUT2D eigenvalue weighted by atomic mass is 9.84. The van der Waals surface area contributed by atoms with E-state index in [2.05, 4.69) is 0 Å². The minimum atomic E-state index is -5.82. The van der Waals surface area contributed by atoms with Crippen molar-refractivity contribution in [3.05, 3.63) is 0 Å². The zero-order valence-corrected chi connectivity index (χ0v) is 56.4. The molecule has 0 amide bonds. The largest absolute Gasteiger partial charge is 0.470 e. The van der Waals surface area contributed by atoms with E-state index < -0.39 is 190 Å². The quantitative estimate of drug-likeness (QED) is 0.0221. The highest BCUT2D eigenvalue weighted by molar-refractivity contribution is 7.48. The van der Waals surface area contributed by atoms with Crippen LogP contribution in [0.4, 0.5) is 0 Å². The minimum Gasteiger partial charge on any atom is -0.382 e. The molecule has 14 N–H and O–H groups in total. The van der Waals surface area contributed by atoms with Gasteiger partial charge in [0, 0.05) is 76.7 Å². The molecule has 0 aromatic rings. The van der Waals surface area contributed by atoms with Crippen LogP contribution in [0.15, 0.2) is 0 Å². The van der Waals surface area contributed by atoms with Crippen molar-refractivity contribution in [3.8, 4) is 0 Å². The van der Waals surface area contributed by atoms with Gasteiger partial charge in [-0.05, 0) is 25.2 Å². The molecule has 2 unspecified atom stereocenters. The minimum absolute atomic E-state index is 0.0912. The standard InChI is InChI=1S/C41H85O43P7/c1-63-15-17-71-19-21-76-32-26(67-5)30(27(68-6)33(39(32)82-89(54,55)56)77-22-20-72-18-16-64-2)73-12-9-23(10-13-74-31-28(69-7)37(80-87(48,49)50)41(84-91(60,61)62)38(29(31)70-8)81-88(51,52)53)11-14-75-34-35(78-85(42,43)44)24(65-3)25(66-4)36(79-86(45,46)47)40(34)83-90(57,58)59/h23-41H,9-22H2,1-8H3,(H2,42,43,44)(H2,45,46,47)(H2,48,49,50)(H2,51,52,53)(H2,54,55,56)(H2,57,58,59)(H2,60,61,62)/t23?,24-,25-,26-,27+,28-,29+,30+,31?,32+,33-,34+,35+,36+,37+,38-,39-,40+,41-/m1/s1. The second-order valence-corrected chi connectivity index (χ2v) is 28.1. The molecule has 43 nitrogen and oxygen atoms in total. The molecule has 0 radical (unpaired) electrons. The zero-order valence-electron chi connectivity index (χ0n) is 50.1. The van der Waals surface area contributed by atoms with Gasteiger partial charge in [-0.3, -0.25) is 31.7 Å². The summed E-state index contributed by atoms with van der Waals surface area (Å²) in [5.74, 6) is -0.956. The molecule has 0 spiro atoms. The van der Waals surface area contributed by atoms with Gasteiger partial charge in [-0.1, -0.05) is 0 Å². The Labute approximate surface area is 521 Å². The van der Waals surface area contributed by atoms with Crippen molar-refractivity contribution in [2.75, 3.05) is 130 Å². The van der Waals surface area contributed by atoms with Gasteiger partial charge in [0.25, 0.3) is 0 Å². The maximum atomic E-state index is 12.6. The number of phosphoric ester groups is 7. The molecular weight excluding hydrogens is 1400 g/mol. The molecule has 3 aliphatic carbocycles. The van der Waals surface area contributed by atoms with Crippen LogP contribution in [-0.4, -0.2) is 308 Å². The Morgan fingerprint density at radius 3 is 0.637 bits per heavy atom. The molecule has 0 bridgehead atoms. The van der Waals surface area contributed by atoms with Crippen LogP contribution in [0, 0.1) is 5.92 Å². The monoisotopic (exact) mass is 1480 g/mol. The molecule has 3 aliphatic rings. The molecule has 3 rings (SSSR count). The van der Waals surface area contributed by atoms with Crippen LogP contribution >= 0.6 is 54.8 Å². The van der Waals surface area contributed by atoms with Crippen molar-refractivity contribution >= 4 is 54.8 Å². The van der Waals surface area contributed by atoms with Gasteiger partial charge in [0.15, 0.2) is 0 Å². The fourth-order valence-corrected chi connectivity index (χ4v) is 14.3. The van der Waals surface area contributed by atoms with Crippen molar-refractivity contribution in [3.63, 3.8) is 0 Å². The summed E-state index contributed by atoms with van der Waals surface area (Å²) in [6.45, 7) is -1.81. The molecule has 0 saturated heterocycles. The SMILES string of the molecule is COCCOCCO[C@@H]1[C@@H](OC)[C@@H](OCCC(CCOC2[C@@H](OC)[C@H](OP(=O)(O)O)[C@@H](OP(=O)(O)O)[C@H](OP(=O)(O)O)[C@H]2OC)CCO[C@H]2[C@@H](OP(=O)(O)O)[C@H](OC)[C@@H](OC)[C@H](OP(=O)(O)O)[C@H]2OP(=O)(O)O)[C@@H](OC)[C@H](OCCOCCOC)[C@H]1OP(=O)(O)O. The predicted octanol–water partition coefficient (Wildman–Crippen LogP) is -2.50. The van der Waals surface area contributed by atoms with E-state index in [-0.39, 0.29) is 72.1 Å². The first-order chi connectivity index (χ1) is 42.2. The molecule has 3 saturated carbocycles. The third-order valence-electron chi connectivity index (χ3n) is 13.7. The van der Waals surface area contributed by atoms with Gasteiger partial charge in [-0.25, -0.2) is 32.0 Å². The van der Waals surface area contributed by atoms with Crippen molar-refractivity contribution < 1.29 is 203 Å². The Kier molecular flexibility index (Phi) is 36.8. The average Bonchev–Trinajstić information content (AvgIpc) is 0.779. The van der Waals surface area contributed by atoms with E-state index in [1.54, 1.807) is 0 Å². The van der Waals surface area contributed by atoms with E-state index in [1.165, 1.54) is 28.4 Å². The molecule has 50 heteroatoms. The fourth-order valence-electron chi connectivity index (χ4n) is 10.4. The summed E-state index contributed by atoms with van der Waals surface area (Å²) < 4.78 is 207. The highest BCUT2D eigenvalue weighted by Gasteiger charge is 2.61. The lowest BCUT2D eigenvalue weighted by Crippen LogP contribution is -2.67. The molecule has 19 atom stereocenters. The summed E-state index contributed by atoms with van der Waals surface area (Å²) >= 11 is 0. The Balaban J connectivity index is 2.24. The third kappa shape index (κ3) is 29.9. The van der Waals surface area contributed by atoms with Crippen molar-refractivity contribution in [1.82, 2.24) is 0 Å². The molecule has 3 fully saturated rings. The molecule has 91 heavy (non-hydrogen) atoms. The Bertz CT molecular complexity index is 2360. The van der Waals surface area contributed by atoms with Crippen LogP contribution in [0.5, 0.6) is 0 Å². The molecular formula is C41H85O43P7. The van der Waals surface area contributed by atoms with Crippen LogP contribution < -0.4 is 0 Å². The number of rotatable bonds is 46. The van der Waals surface area contributed by atoms with Crippen LogP contribution in [-0.2, 0) is 135 Å². The van der Waals surface area contributed by atoms with Gasteiger partial charge in [0.1, 0.15) is 110 Å². The lowest BCUT2D eigenvalue weighted by molar-refractivity contribution is -0.265. The van der Waals surface area contributed by atoms with Gasteiger partial charge < -0.3 is 140 Å². The van der Waals surface area contributed by atoms with Crippen molar-refractivity contribution in [2.24, 2.45) is 5.92 Å². The first kappa shape index (κ1) is 85.4. The van der Waals surface area contributed by atoms with Crippen LogP contribution in [0.1, 0.15) is 19.3 Å². The van der Waals surface area contributed by atoms with Gasteiger partial charge in [0.05, 0.1) is 52.9 Å². The third-order valence-corrected chi connectivity index (χ3v) is 17.3. The van der Waals surface area contributed by atoms with Crippen LogP contribution in [0.3, 0.4) is 0 Å². The summed E-state index contributed by atoms with van der Waals surface area (Å²) in [6, 6.07) is 0. The summed E-state index contributed by atoms with van der Waals surface area (Å²) in [5.41, 5.74) is 0. The van der Waals surface area contributed by atoms with Gasteiger partial charge in [0.2, 0.25) is 0 Å². The van der Waals surface area contributed by atoms with Gasteiger partial charge in [-0.2, -0.15) is 0 Å². The van der Waals surface area contributed by atoms with E-state index in [0.29, 0.717) is 0 Å². The fraction of sp³-hybridized carbons (Fsp3) is 1.00. The van der Waals surface area contributed by atoms with Crippen LogP contribution in [0.25, 0.3) is 0 Å². The maximum absolute atomic E-state index is 12.6. The predicted molar refractivity (Wildman–Crippen MR) is 295 cm³/mol. The van der Waals surface area contributed by atoms with Gasteiger partial charge in [-0.15, -0.1) is 0 Å². The second-order valence-electron chi connectivity index (χ2n) is 19.7. The Morgan fingerprint density at radius 1 is 0.231 bits per heavy atom. The normalized spacial score (nSPS) is 31.3. The average molecular weight is 1480 g/mol. The van der Waals surface area contributed by atoms with Crippen LogP contribution in [0.2, 0.25) is 0 Å². The smallest absolute Gasteiger partial charge is 0.382 e. The summed E-state index contributed by atoms with van der Waals surface area (Å²) in [5, 5.41) is 0. The van der Waals surface area contributed by atoms with Gasteiger partial charge >= 0.3 is 54.8 Å². The summed E-state index contributed by atoms with van der Waals surface area (Å²) in [4.78, 5) is 140. The summed E-state index contributed by atoms with van der Waals surface area (Å²) in [7, 11) is -31.1. The van der Waals surface area contributed by atoms with Crippen molar-refractivity contribution in [2.45, 2.75) is 129 Å². The zero-order chi connectivity index (χ0) is 68.9. The maximum Gasteiger partial charge on any atom is 0.470 e. The summed E-state index contributed by atoms with van der Waals surface area (Å²) in [6.07, 6.45) is -35.5. The highest BCUT2D eigenvalue weighted by atomic mass is 31.2. The number of ether oxygens (including phenoxy) is 15. The van der Waals surface area contributed by atoms with E-state index in [4.69, 9.17) is 103 Å². The van der Waals surface area contributed by atoms with E-state index >= 15 is 0 Å². The first-order valence-electron chi connectivity index (χ1n) is 26.8. The molecule has 0 heterocycles. The topological polar surface area (TPSA) is 606 Å².